The van der Waals surface area contributed by atoms with E-state index >= 15 is 0 Å². The van der Waals surface area contributed by atoms with Gasteiger partial charge in [-0.2, -0.15) is 4.31 Å². The van der Waals surface area contributed by atoms with E-state index < -0.39 is 10.0 Å². The van der Waals surface area contributed by atoms with Crippen molar-refractivity contribution in [1.82, 2.24) is 14.9 Å². The second-order valence-corrected chi connectivity index (χ2v) is 7.29. The monoisotopic (exact) mass is 336 g/mol. The second-order valence-electron chi connectivity index (χ2n) is 5.35. The maximum atomic E-state index is 12.4. The molecule has 23 heavy (non-hydrogen) atoms. The molecule has 1 aliphatic rings. The van der Waals surface area contributed by atoms with Crippen molar-refractivity contribution in [3.8, 4) is 0 Å². The van der Waals surface area contributed by atoms with Crippen LogP contribution < -0.4 is 10.6 Å². The Bertz CT molecular complexity index is 647. The zero-order valence-corrected chi connectivity index (χ0v) is 14.3. The first-order chi connectivity index (χ1) is 11.1. The Morgan fingerprint density at radius 1 is 1.26 bits per heavy atom. The maximum Gasteiger partial charge on any atom is 0.243 e. The van der Waals surface area contributed by atoms with Crippen LogP contribution in [-0.4, -0.2) is 45.4 Å². The number of nitrogens with one attached hydrogen (secondary N) is 2. The van der Waals surface area contributed by atoms with E-state index in [2.05, 4.69) is 22.2 Å². The molecular formula is C16H24N4O2S. The van der Waals surface area contributed by atoms with Crippen molar-refractivity contribution in [2.24, 2.45) is 4.99 Å². The van der Waals surface area contributed by atoms with Gasteiger partial charge >= 0.3 is 0 Å². The molecule has 0 aromatic heterocycles. The van der Waals surface area contributed by atoms with Crippen molar-refractivity contribution in [1.29, 1.82) is 0 Å². The lowest BCUT2D eigenvalue weighted by molar-refractivity contribution is 0.477. The number of guanidine groups is 1. The summed E-state index contributed by atoms with van der Waals surface area (Å²) in [6, 6.07) is 7.00. The number of aliphatic imine (C=N–C) groups is 1. The van der Waals surface area contributed by atoms with Gasteiger partial charge in [0.25, 0.3) is 0 Å². The average molecular weight is 336 g/mol. The Morgan fingerprint density at radius 3 is 2.48 bits per heavy atom. The highest BCUT2D eigenvalue weighted by Gasteiger charge is 2.26. The van der Waals surface area contributed by atoms with Gasteiger partial charge in [-0.15, -0.1) is 6.58 Å². The summed E-state index contributed by atoms with van der Waals surface area (Å²) in [7, 11) is -1.64. The van der Waals surface area contributed by atoms with Crippen LogP contribution in [0, 0.1) is 0 Å². The Kier molecular flexibility index (Phi) is 6.18. The Morgan fingerprint density at radius 2 is 1.91 bits per heavy atom. The SMILES string of the molecule is C=CCNC(=NC)NCc1ccc(S(=O)(=O)N2CCCC2)cc1. The summed E-state index contributed by atoms with van der Waals surface area (Å²) in [5.41, 5.74) is 0.993. The van der Waals surface area contributed by atoms with E-state index in [0.717, 1.165) is 18.4 Å². The summed E-state index contributed by atoms with van der Waals surface area (Å²) in [5, 5.41) is 6.25. The predicted molar refractivity (Wildman–Crippen MR) is 92.8 cm³/mol. The summed E-state index contributed by atoms with van der Waals surface area (Å²) < 4.78 is 26.5. The van der Waals surface area contributed by atoms with Crippen LogP contribution in [0.15, 0.2) is 46.8 Å². The molecule has 0 amide bonds. The maximum absolute atomic E-state index is 12.4. The molecule has 1 aromatic rings. The van der Waals surface area contributed by atoms with Crippen LogP contribution in [0.3, 0.4) is 0 Å². The molecule has 0 aliphatic carbocycles. The third-order valence-corrected chi connectivity index (χ3v) is 5.64. The lowest BCUT2D eigenvalue weighted by Gasteiger charge is -2.16. The second kappa shape index (κ2) is 8.12. The predicted octanol–water partition coefficient (Wildman–Crippen LogP) is 1.32. The Labute approximate surface area is 138 Å². The molecule has 0 radical (unpaired) electrons. The molecule has 0 spiro atoms. The minimum atomic E-state index is -3.34. The minimum Gasteiger partial charge on any atom is -0.353 e. The van der Waals surface area contributed by atoms with Gasteiger partial charge in [-0.05, 0) is 30.5 Å². The standard InChI is InChI=1S/C16H24N4O2S/c1-3-10-18-16(17-2)19-13-14-6-8-15(9-7-14)23(21,22)20-11-4-5-12-20/h3,6-9H,1,4-5,10-13H2,2H3,(H2,17,18,19). The summed E-state index contributed by atoms with van der Waals surface area (Å²) >= 11 is 0. The molecule has 2 N–H and O–H groups in total. The molecule has 2 rings (SSSR count). The Hall–Kier alpha value is -1.86. The van der Waals surface area contributed by atoms with Gasteiger partial charge in [0.15, 0.2) is 5.96 Å². The van der Waals surface area contributed by atoms with Crippen molar-refractivity contribution in [3.05, 3.63) is 42.5 Å². The quantitative estimate of drug-likeness (QED) is 0.467. The third kappa shape index (κ3) is 4.56. The van der Waals surface area contributed by atoms with E-state index in [-0.39, 0.29) is 0 Å². The van der Waals surface area contributed by atoms with Crippen LogP contribution >= 0.6 is 0 Å². The fraction of sp³-hybridized carbons (Fsp3) is 0.438. The summed E-state index contributed by atoms with van der Waals surface area (Å²) in [4.78, 5) is 4.45. The molecule has 7 heteroatoms. The Balaban J connectivity index is 1.98. The van der Waals surface area contributed by atoms with Crippen LogP contribution in [0.1, 0.15) is 18.4 Å². The molecule has 0 saturated carbocycles. The van der Waals surface area contributed by atoms with E-state index in [1.807, 2.05) is 12.1 Å². The van der Waals surface area contributed by atoms with Crippen LogP contribution in [0.4, 0.5) is 0 Å². The summed E-state index contributed by atoms with van der Waals surface area (Å²) in [6.45, 7) is 6.09. The zero-order valence-electron chi connectivity index (χ0n) is 13.5. The van der Waals surface area contributed by atoms with E-state index in [1.165, 1.54) is 0 Å². The number of rotatable bonds is 6. The van der Waals surface area contributed by atoms with Gasteiger partial charge in [0.2, 0.25) is 10.0 Å². The van der Waals surface area contributed by atoms with Crippen LogP contribution in [0.25, 0.3) is 0 Å². The molecule has 0 atom stereocenters. The molecule has 126 valence electrons. The minimum absolute atomic E-state index is 0.359. The number of benzene rings is 1. The van der Waals surface area contributed by atoms with Gasteiger partial charge in [0.05, 0.1) is 4.90 Å². The molecule has 1 heterocycles. The molecule has 6 nitrogen and oxygen atoms in total. The largest absolute Gasteiger partial charge is 0.353 e. The first-order valence-electron chi connectivity index (χ1n) is 7.72. The molecule has 0 unspecified atom stereocenters. The van der Waals surface area contributed by atoms with Crippen molar-refractivity contribution < 1.29 is 8.42 Å². The lowest BCUT2D eigenvalue weighted by atomic mass is 10.2. The fourth-order valence-corrected chi connectivity index (χ4v) is 3.95. The molecule has 1 aromatic carbocycles. The highest BCUT2D eigenvalue weighted by molar-refractivity contribution is 7.89. The smallest absolute Gasteiger partial charge is 0.243 e. The van der Waals surface area contributed by atoms with E-state index in [1.54, 1.807) is 29.6 Å². The third-order valence-electron chi connectivity index (χ3n) is 3.72. The van der Waals surface area contributed by atoms with E-state index in [4.69, 9.17) is 0 Å². The van der Waals surface area contributed by atoms with Gasteiger partial charge in [-0.3, -0.25) is 4.99 Å². The highest BCUT2D eigenvalue weighted by atomic mass is 32.2. The number of hydrogen-bond donors (Lipinski definition) is 2. The lowest BCUT2D eigenvalue weighted by Crippen LogP contribution is -2.36. The number of nitrogens with zero attached hydrogens (tertiary/aromatic N) is 2. The van der Waals surface area contributed by atoms with Gasteiger partial charge < -0.3 is 10.6 Å². The molecule has 0 bridgehead atoms. The van der Waals surface area contributed by atoms with E-state index in [9.17, 15) is 8.42 Å². The van der Waals surface area contributed by atoms with Crippen molar-refractivity contribution in [2.45, 2.75) is 24.3 Å². The van der Waals surface area contributed by atoms with Gasteiger partial charge in [-0.1, -0.05) is 18.2 Å². The van der Waals surface area contributed by atoms with E-state index in [0.29, 0.717) is 37.0 Å². The summed E-state index contributed by atoms with van der Waals surface area (Å²) in [5.74, 6) is 0.679. The van der Waals surface area contributed by atoms with Crippen LogP contribution in [0.5, 0.6) is 0 Å². The van der Waals surface area contributed by atoms with Crippen molar-refractivity contribution in [2.75, 3.05) is 26.7 Å². The van der Waals surface area contributed by atoms with Crippen molar-refractivity contribution >= 4 is 16.0 Å². The van der Waals surface area contributed by atoms with Crippen LogP contribution in [-0.2, 0) is 16.6 Å². The molecule has 1 fully saturated rings. The molecule has 1 aliphatic heterocycles. The van der Waals surface area contributed by atoms with Crippen LogP contribution in [0.2, 0.25) is 0 Å². The average Bonchev–Trinajstić information content (AvgIpc) is 3.11. The molecular weight excluding hydrogens is 312 g/mol. The molecule has 1 saturated heterocycles. The first-order valence-corrected chi connectivity index (χ1v) is 9.16. The topological polar surface area (TPSA) is 73.8 Å². The summed E-state index contributed by atoms with van der Waals surface area (Å²) in [6.07, 6.45) is 3.64. The van der Waals surface area contributed by atoms with Gasteiger partial charge in [0.1, 0.15) is 0 Å². The van der Waals surface area contributed by atoms with Gasteiger partial charge in [-0.25, -0.2) is 8.42 Å². The number of sulfonamides is 1. The fourth-order valence-electron chi connectivity index (χ4n) is 2.43. The zero-order chi connectivity index (χ0) is 16.7. The number of hydrogen-bond acceptors (Lipinski definition) is 3. The normalized spacial score (nSPS) is 16.3. The van der Waals surface area contributed by atoms with Crippen molar-refractivity contribution in [3.63, 3.8) is 0 Å². The highest BCUT2D eigenvalue weighted by Crippen LogP contribution is 2.20. The first kappa shape index (κ1) is 17.5. The van der Waals surface area contributed by atoms with Gasteiger partial charge in [0, 0.05) is 33.2 Å².